The third-order valence-electron chi connectivity index (χ3n) is 2.56. The second kappa shape index (κ2) is 4.86. The smallest absolute Gasteiger partial charge is 0.125 e. The van der Waals surface area contributed by atoms with Crippen molar-refractivity contribution in [2.24, 2.45) is 0 Å². The van der Waals surface area contributed by atoms with Crippen molar-refractivity contribution >= 4 is 5.69 Å². The molecule has 0 atom stereocenters. The van der Waals surface area contributed by atoms with E-state index in [0.29, 0.717) is 18.5 Å². The molecule has 0 amide bonds. The monoisotopic (exact) mass is 203 g/mol. The number of benzene rings is 1. The van der Waals surface area contributed by atoms with Crippen molar-refractivity contribution in [3.63, 3.8) is 0 Å². The van der Waals surface area contributed by atoms with Gasteiger partial charge in [0.1, 0.15) is 5.60 Å². The van der Waals surface area contributed by atoms with Gasteiger partial charge in [-0.1, -0.05) is 37.8 Å². The molecule has 80 valence electrons. The molecule has 0 heterocycles. The number of nitrogen functional groups attached to an aromatic ring is 1. The first-order valence-corrected chi connectivity index (χ1v) is 5.21. The minimum Gasteiger partial charge on any atom is -0.398 e. The molecule has 1 aromatic carbocycles. The molecule has 0 aromatic heterocycles. The highest BCUT2D eigenvalue weighted by Crippen LogP contribution is 2.14. The first-order chi connectivity index (χ1) is 7.11. The van der Waals surface area contributed by atoms with Gasteiger partial charge in [0.15, 0.2) is 0 Å². The molecule has 0 radical (unpaired) electrons. The van der Waals surface area contributed by atoms with Gasteiger partial charge < -0.3 is 10.8 Å². The maximum atomic E-state index is 9.97. The highest BCUT2D eigenvalue weighted by molar-refractivity contribution is 5.55. The Balaban J connectivity index is 2.95. The molecule has 2 heteroatoms. The Bertz CT molecular complexity index is 383. The summed E-state index contributed by atoms with van der Waals surface area (Å²) in [6.07, 6.45) is 1.26. The summed E-state index contributed by atoms with van der Waals surface area (Å²) in [6, 6.07) is 7.42. The fourth-order valence-corrected chi connectivity index (χ4v) is 1.22. The van der Waals surface area contributed by atoms with Crippen molar-refractivity contribution < 1.29 is 5.11 Å². The molecule has 1 aromatic rings. The summed E-state index contributed by atoms with van der Waals surface area (Å²) in [5.41, 5.74) is 6.29. The Morgan fingerprint density at radius 3 is 2.40 bits per heavy atom. The van der Waals surface area contributed by atoms with Crippen LogP contribution in [0.25, 0.3) is 0 Å². The first kappa shape index (κ1) is 11.6. The van der Waals surface area contributed by atoms with Gasteiger partial charge >= 0.3 is 0 Å². The number of hydrogen-bond acceptors (Lipinski definition) is 2. The molecule has 3 N–H and O–H groups in total. The Morgan fingerprint density at radius 1 is 1.27 bits per heavy atom. The van der Waals surface area contributed by atoms with Gasteiger partial charge in [0.2, 0.25) is 0 Å². The van der Waals surface area contributed by atoms with Gasteiger partial charge in [0.25, 0.3) is 0 Å². The lowest BCUT2D eigenvalue weighted by atomic mass is 9.98. The summed E-state index contributed by atoms with van der Waals surface area (Å²) in [4.78, 5) is 0. The van der Waals surface area contributed by atoms with Crippen molar-refractivity contribution in [2.45, 2.75) is 32.3 Å². The van der Waals surface area contributed by atoms with E-state index in [1.807, 2.05) is 32.0 Å². The van der Waals surface area contributed by atoms with Crippen LogP contribution in [0.2, 0.25) is 0 Å². The van der Waals surface area contributed by atoms with E-state index in [2.05, 4.69) is 11.8 Å². The molecule has 0 fully saturated rings. The van der Waals surface area contributed by atoms with Gasteiger partial charge in [0.05, 0.1) is 0 Å². The van der Waals surface area contributed by atoms with Crippen LogP contribution in [0.3, 0.4) is 0 Å². The van der Waals surface area contributed by atoms with E-state index in [1.54, 1.807) is 6.07 Å². The molecule has 0 unspecified atom stereocenters. The molecule has 0 bridgehead atoms. The molecule has 15 heavy (non-hydrogen) atoms. The van der Waals surface area contributed by atoms with Crippen molar-refractivity contribution in [1.82, 2.24) is 0 Å². The van der Waals surface area contributed by atoms with Gasteiger partial charge in [-0.05, 0) is 25.0 Å². The second-order valence-corrected chi connectivity index (χ2v) is 3.58. The van der Waals surface area contributed by atoms with Crippen LogP contribution in [0.1, 0.15) is 32.3 Å². The molecule has 0 saturated carbocycles. The fraction of sp³-hybridized carbons (Fsp3) is 0.385. The predicted molar refractivity (Wildman–Crippen MR) is 63.3 cm³/mol. The van der Waals surface area contributed by atoms with Crippen molar-refractivity contribution in [2.75, 3.05) is 5.73 Å². The Hall–Kier alpha value is -1.46. The summed E-state index contributed by atoms with van der Waals surface area (Å²) in [7, 11) is 0. The number of hydrogen-bond donors (Lipinski definition) is 2. The zero-order chi connectivity index (χ0) is 11.3. The highest BCUT2D eigenvalue weighted by atomic mass is 16.3. The molecule has 2 nitrogen and oxygen atoms in total. The standard InChI is InChI=1S/C13H17NO/c1-3-13(15,4-2)10-9-11-7-5-6-8-12(11)14/h5-8,15H,3-4,14H2,1-2H3. The summed E-state index contributed by atoms with van der Waals surface area (Å²) >= 11 is 0. The Kier molecular flexibility index (Phi) is 3.76. The van der Waals surface area contributed by atoms with Crippen LogP contribution >= 0.6 is 0 Å². The summed E-state index contributed by atoms with van der Waals surface area (Å²) in [5, 5.41) is 9.97. The van der Waals surface area contributed by atoms with Crippen molar-refractivity contribution in [3.8, 4) is 11.8 Å². The van der Waals surface area contributed by atoms with Crippen LogP contribution < -0.4 is 5.73 Å². The molecule has 1 rings (SSSR count). The SMILES string of the molecule is CCC(O)(C#Cc1ccccc1N)CC. The lowest BCUT2D eigenvalue weighted by Gasteiger charge is -2.17. The maximum absolute atomic E-state index is 9.97. The average Bonchev–Trinajstić information content (AvgIpc) is 2.28. The molecule has 0 aliphatic carbocycles. The lowest BCUT2D eigenvalue weighted by Crippen LogP contribution is -2.23. The van der Waals surface area contributed by atoms with Crippen molar-refractivity contribution in [3.05, 3.63) is 29.8 Å². The molecule has 0 saturated heterocycles. The molecular weight excluding hydrogens is 186 g/mol. The molecular formula is C13H17NO. The third-order valence-corrected chi connectivity index (χ3v) is 2.56. The van der Waals surface area contributed by atoms with Crippen LogP contribution in [0.5, 0.6) is 0 Å². The van der Waals surface area contributed by atoms with Crippen LogP contribution in [0.15, 0.2) is 24.3 Å². The largest absolute Gasteiger partial charge is 0.398 e. The van der Waals surface area contributed by atoms with Crippen LogP contribution in [0.4, 0.5) is 5.69 Å². The highest BCUT2D eigenvalue weighted by Gasteiger charge is 2.17. The number of anilines is 1. The summed E-state index contributed by atoms with van der Waals surface area (Å²) in [6.45, 7) is 3.85. The molecule has 0 spiro atoms. The summed E-state index contributed by atoms with van der Waals surface area (Å²) < 4.78 is 0. The van der Waals surface area contributed by atoms with E-state index in [1.165, 1.54) is 0 Å². The number of rotatable bonds is 2. The van der Waals surface area contributed by atoms with Gasteiger partial charge in [-0.3, -0.25) is 0 Å². The number of para-hydroxylation sites is 1. The van der Waals surface area contributed by atoms with Gasteiger partial charge in [-0.2, -0.15) is 0 Å². The van der Waals surface area contributed by atoms with Crippen molar-refractivity contribution in [1.29, 1.82) is 0 Å². The van der Waals surface area contributed by atoms with E-state index >= 15 is 0 Å². The Labute approximate surface area is 91.1 Å². The van der Waals surface area contributed by atoms with E-state index in [4.69, 9.17) is 5.73 Å². The minimum atomic E-state index is -0.887. The molecule has 0 aliphatic heterocycles. The quantitative estimate of drug-likeness (QED) is 0.571. The van der Waals surface area contributed by atoms with E-state index in [-0.39, 0.29) is 0 Å². The van der Waals surface area contributed by atoms with E-state index < -0.39 is 5.60 Å². The predicted octanol–water partition coefficient (Wildman–Crippen LogP) is 2.17. The van der Waals surface area contributed by atoms with Crippen LogP contribution in [0, 0.1) is 11.8 Å². The second-order valence-electron chi connectivity index (χ2n) is 3.58. The van der Waals surface area contributed by atoms with E-state index in [0.717, 1.165) is 5.56 Å². The van der Waals surface area contributed by atoms with Gasteiger partial charge in [0, 0.05) is 11.3 Å². The number of aliphatic hydroxyl groups is 1. The number of nitrogens with two attached hydrogens (primary N) is 1. The third kappa shape index (κ3) is 3.00. The zero-order valence-corrected chi connectivity index (χ0v) is 9.25. The maximum Gasteiger partial charge on any atom is 0.125 e. The lowest BCUT2D eigenvalue weighted by molar-refractivity contribution is 0.0931. The molecule has 0 aliphatic rings. The normalized spacial score (nSPS) is 10.6. The fourth-order valence-electron chi connectivity index (χ4n) is 1.22. The topological polar surface area (TPSA) is 46.2 Å². The average molecular weight is 203 g/mol. The summed E-state index contributed by atoms with van der Waals surface area (Å²) in [5.74, 6) is 5.81. The van der Waals surface area contributed by atoms with Crippen LogP contribution in [-0.4, -0.2) is 10.7 Å². The van der Waals surface area contributed by atoms with Crippen LogP contribution in [-0.2, 0) is 0 Å². The van der Waals surface area contributed by atoms with Gasteiger partial charge in [-0.25, -0.2) is 0 Å². The first-order valence-electron chi connectivity index (χ1n) is 5.21. The van der Waals surface area contributed by atoms with E-state index in [9.17, 15) is 5.11 Å². The Morgan fingerprint density at radius 2 is 1.87 bits per heavy atom. The minimum absolute atomic E-state index is 0.628. The van der Waals surface area contributed by atoms with Gasteiger partial charge in [-0.15, -0.1) is 0 Å². The zero-order valence-electron chi connectivity index (χ0n) is 9.25.